The number of anilines is 2. The van der Waals surface area contributed by atoms with Crippen LogP contribution in [0.15, 0.2) is 23.7 Å². The van der Waals surface area contributed by atoms with Crippen molar-refractivity contribution in [2.24, 2.45) is 5.11 Å². The number of unbranched alkanes of at least 4 members (excludes halogenated alkanes) is 1. The van der Waals surface area contributed by atoms with Crippen LogP contribution < -0.4 is 10.6 Å². The van der Waals surface area contributed by atoms with Gasteiger partial charge in [0.15, 0.2) is 13.1 Å². The zero-order valence-electron chi connectivity index (χ0n) is 15.9. The quantitative estimate of drug-likeness (QED) is 0.506. The third-order valence-corrected chi connectivity index (χ3v) is 4.46. The SMILES string of the molecule is CCCCNc1ncc(-c2cc(NC)ncn2)c(N=[N+]2CCC(O)CC2)n1. The molecule has 0 unspecified atom stereocenters. The van der Waals surface area contributed by atoms with Crippen LogP contribution in [0.2, 0.25) is 0 Å². The largest absolute Gasteiger partial charge is 0.393 e. The van der Waals surface area contributed by atoms with Gasteiger partial charge in [0.2, 0.25) is 11.8 Å². The Hall–Kier alpha value is -2.68. The molecule has 0 saturated carbocycles. The summed E-state index contributed by atoms with van der Waals surface area (Å²) in [4.78, 5) is 17.6. The summed E-state index contributed by atoms with van der Waals surface area (Å²) in [6.07, 6.45) is 6.60. The van der Waals surface area contributed by atoms with Gasteiger partial charge in [-0.05, 0) is 6.42 Å². The van der Waals surface area contributed by atoms with Crippen molar-refractivity contribution in [3.05, 3.63) is 18.6 Å². The van der Waals surface area contributed by atoms with Crippen LogP contribution in [0.25, 0.3) is 11.3 Å². The Balaban J connectivity index is 1.94. The van der Waals surface area contributed by atoms with E-state index in [2.05, 4.69) is 37.5 Å². The second-order valence-electron chi connectivity index (χ2n) is 6.53. The van der Waals surface area contributed by atoms with Gasteiger partial charge in [-0.2, -0.15) is 4.98 Å². The number of nitrogens with zero attached hydrogens (tertiary/aromatic N) is 6. The first-order valence-electron chi connectivity index (χ1n) is 9.45. The van der Waals surface area contributed by atoms with E-state index in [9.17, 15) is 5.11 Å². The van der Waals surface area contributed by atoms with Crippen LogP contribution in [0.4, 0.5) is 17.6 Å². The maximum Gasteiger partial charge on any atom is 0.233 e. The monoisotopic (exact) mass is 371 g/mol. The second kappa shape index (κ2) is 9.31. The second-order valence-corrected chi connectivity index (χ2v) is 6.53. The van der Waals surface area contributed by atoms with E-state index in [1.54, 1.807) is 6.20 Å². The fourth-order valence-corrected chi connectivity index (χ4v) is 2.82. The van der Waals surface area contributed by atoms with Crippen LogP contribution in [-0.2, 0) is 0 Å². The summed E-state index contributed by atoms with van der Waals surface area (Å²) in [6.45, 7) is 4.37. The number of aliphatic hydroxyl groups is 1. The molecule has 0 amide bonds. The van der Waals surface area contributed by atoms with Crippen molar-refractivity contribution in [3.63, 3.8) is 0 Å². The Morgan fingerprint density at radius 1 is 1.26 bits per heavy atom. The minimum Gasteiger partial charge on any atom is -0.393 e. The zero-order chi connectivity index (χ0) is 19.1. The molecule has 3 heterocycles. The van der Waals surface area contributed by atoms with Gasteiger partial charge in [0.25, 0.3) is 0 Å². The Kier molecular flexibility index (Phi) is 6.59. The summed E-state index contributed by atoms with van der Waals surface area (Å²) in [7, 11) is 1.81. The van der Waals surface area contributed by atoms with E-state index < -0.39 is 0 Å². The average Bonchev–Trinajstić information content (AvgIpc) is 2.70. The van der Waals surface area contributed by atoms with Gasteiger partial charge in [-0.25, -0.2) is 15.0 Å². The highest BCUT2D eigenvalue weighted by Crippen LogP contribution is 2.29. The van der Waals surface area contributed by atoms with Crippen molar-refractivity contribution in [2.75, 3.05) is 37.3 Å². The smallest absolute Gasteiger partial charge is 0.233 e. The molecule has 9 heteroatoms. The van der Waals surface area contributed by atoms with E-state index in [0.29, 0.717) is 43.4 Å². The number of nitrogens with one attached hydrogen (secondary N) is 2. The van der Waals surface area contributed by atoms with Gasteiger partial charge in [0.05, 0.1) is 17.4 Å². The number of aliphatic hydroxyl groups excluding tert-OH is 1. The topological polar surface area (TPSA) is 111 Å². The molecular weight excluding hydrogens is 344 g/mol. The molecule has 1 saturated heterocycles. The van der Waals surface area contributed by atoms with Crippen molar-refractivity contribution < 1.29 is 9.80 Å². The molecule has 0 aromatic carbocycles. The van der Waals surface area contributed by atoms with Crippen molar-refractivity contribution >= 4 is 17.6 Å². The molecule has 2 aromatic rings. The standard InChI is InChI=1S/C18H27N8O/c1-3-4-7-20-18-21-11-14(15-10-16(19-2)23-12-22-15)17(24-18)25-26-8-5-13(27)6-9-26/h10-13,27H,3-9H2,1-2H3,(H,19,22,23)(H,20,21,24)/q+1. The summed E-state index contributed by atoms with van der Waals surface area (Å²) < 4.78 is 1.95. The first-order chi connectivity index (χ1) is 13.2. The molecule has 2 aromatic heterocycles. The van der Waals surface area contributed by atoms with E-state index in [0.717, 1.165) is 30.8 Å². The third kappa shape index (κ3) is 5.16. The lowest BCUT2D eigenvalue weighted by molar-refractivity contribution is -0.601. The number of hydrogen-bond donors (Lipinski definition) is 3. The predicted octanol–water partition coefficient (Wildman–Crippen LogP) is 2.44. The molecule has 1 aliphatic heterocycles. The first kappa shape index (κ1) is 19.1. The Morgan fingerprint density at radius 2 is 2.07 bits per heavy atom. The van der Waals surface area contributed by atoms with Crippen molar-refractivity contribution in [3.8, 4) is 11.3 Å². The summed E-state index contributed by atoms with van der Waals surface area (Å²) in [5.41, 5.74) is 1.46. The van der Waals surface area contributed by atoms with E-state index in [4.69, 9.17) is 5.11 Å². The van der Waals surface area contributed by atoms with Gasteiger partial charge < -0.3 is 15.7 Å². The number of rotatable bonds is 7. The predicted molar refractivity (Wildman–Crippen MR) is 103 cm³/mol. The maximum atomic E-state index is 9.72. The fraction of sp³-hybridized carbons (Fsp3) is 0.556. The van der Waals surface area contributed by atoms with E-state index >= 15 is 0 Å². The number of aromatic nitrogens is 4. The molecule has 144 valence electrons. The molecule has 1 fully saturated rings. The van der Waals surface area contributed by atoms with Gasteiger partial charge in [0.1, 0.15) is 12.1 Å². The molecule has 9 nitrogen and oxygen atoms in total. The summed E-state index contributed by atoms with van der Waals surface area (Å²) in [5, 5.41) is 20.7. The highest BCUT2D eigenvalue weighted by molar-refractivity contribution is 5.71. The zero-order valence-corrected chi connectivity index (χ0v) is 15.9. The Labute approximate surface area is 159 Å². The van der Waals surface area contributed by atoms with Crippen molar-refractivity contribution in [2.45, 2.75) is 38.7 Å². The lowest BCUT2D eigenvalue weighted by Crippen LogP contribution is -2.27. The van der Waals surface area contributed by atoms with Crippen LogP contribution in [-0.4, -0.2) is 62.5 Å². The van der Waals surface area contributed by atoms with Gasteiger partial charge in [0, 0.05) is 43.8 Å². The van der Waals surface area contributed by atoms with Crippen LogP contribution in [0.5, 0.6) is 0 Å². The first-order valence-corrected chi connectivity index (χ1v) is 9.45. The Bertz CT molecular complexity index is 785. The van der Waals surface area contributed by atoms with E-state index in [-0.39, 0.29) is 6.10 Å². The molecule has 0 spiro atoms. The highest BCUT2D eigenvalue weighted by atomic mass is 16.3. The normalized spacial score (nSPS) is 16.9. The lowest BCUT2D eigenvalue weighted by Gasteiger charge is -2.13. The van der Waals surface area contributed by atoms with Crippen molar-refractivity contribution in [1.29, 1.82) is 0 Å². The highest BCUT2D eigenvalue weighted by Gasteiger charge is 2.22. The van der Waals surface area contributed by atoms with Gasteiger partial charge in [-0.3, -0.25) is 0 Å². The lowest BCUT2D eigenvalue weighted by atomic mass is 10.1. The van der Waals surface area contributed by atoms with E-state index in [1.807, 2.05) is 17.8 Å². The van der Waals surface area contributed by atoms with Gasteiger partial charge in [-0.15, -0.1) is 4.70 Å². The fourth-order valence-electron chi connectivity index (χ4n) is 2.82. The van der Waals surface area contributed by atoms with E-state index in [1.165, 1.54) is 6.33 Å². The van der Waals surface area contributed by atoms with Crippen LogP contribution in [0.1, 0.15) is 32.6 Å². The molecule has 0 atom stereocenters. The number of hydrogen-bond acceptors (Lipinski definition) is 8. The minimum atomic E-state index is -0.243. The van der Waals surface area contributed by atoms with Crippen LogP contribution >= 0.6 is 0 Å². The summed E-state index contributed by atoms with van der Waals surface area (Å²) >= 11 is 0. The van der Waals surface area contributed by atoms with Crippen LogP contribution in [0, 0.1) is 0 Å². The summed E-state index contributed by atoms with van der Waals surface area (Å²) in [5.74, 6) is 1.85. The molecular formula is C18H27N8O+. The number of piperidine rings is 1. The molecule has 0 radical (unpaired) electrons. The molecule has 27 heavy (non-hydrogen) atoms. The van der Waals surface area contributed by atoms with Crippen LogP contribution in [0.3, 0.4) is 0 Å². The number of azo groups is 2. The van der Waals surface area contributed by atoms with Crippen molar-refractivity contribution in [1.82, 2.24) is 19.9 Å². The molecule has 3 N–H and O–H groups in total. The minimum absolute atomic E-state index is 0.243. The van der Waals surface area contributed by atoms with Gasteiger partial charge in [-0.1, -0.05) is 13.3 Å². The Morgan fingerprint density at radius 3 is 2.81 bits per heavy atom. The summed E-state index contributed by atoms with van der Waals surface area (Å²) in [6, 6.07) is 1.85. The molecule has 0 aliphatic carbocycles. The van der Waals surface area contributed by atoms with Gasteiger partial charge >= 0.3 is 0 Å². The third-order valence-electron chi connectivity index (χ3n) is 4.46. The average molecular weight is 371 g/mol. The molecule has 1 aliphatic rings. The molecule has 3 rings (SSSR count). The molecule has 0 bridgehead atoms. The maximum absolute atomic E-state index is 9.72.